The maximum Gasteiger partial charge on any atom is 0.324 e. The molecule has 4 aromatic rings. The number of benzene rings is 3. The van der Waals surface area contributed by atoms with Gasteiger partial charge in [0.25, 0.3) is 11.8 Å². The third-order valence-corrected chi connectivity index (χ3v) is 13.9. The van der Waals surface area contributed by atoms with Gasteiger partial charge in [-0.3, -0.25) is 29.0 Å². The van der Waals surface area contributed by atoms with Crippen LogP contribution < -0.4 is 10.7 Å². The van der Waals surface area contributed by atoms with Crippen molar-refractivity contribution in [1.29, 1.82) is 5.26 Å². The largest absolute Gasteiger partial charge is 0.508 e. The molecule has 0 spiro atoms. The van der Waals surface area contributed by atoms with Gasteiger partial charge >= 0.3 is 5.97 Å². The van der Waals surface area contributed by atoms with E-state index in [0.717, 1.165) is 44.9 Å². The van der Waals surface area contributed by atoms with Gasteiger partial charge in [0.2, 0.25) is 11.8 Å². The zero-order valence-electron chi connectivity index (χ0n) is 41.6. The van der Waals surface area contributed by atoms with Crippen LogP contribution in [0.15, 0.2) is 73.3 Å². The molecule has 16 heteroatoms. The topological polar surface area (TPSA) is 207 Å². The first kappa shape index (κ1) is 51.3. The van der Waals surface area contributed by atoms with Gasteiger partial charge in [-0.05, 0) is 104 Å². The first-order chi connectivity index (χ1) is 33.1. The van der Waals surface area contributed by atoms with Gasteiger partial charge in [0.1, 0.15) is 29.4 Å². The number of hydrazine groups is 1. The van der Waals surface area contributed by atoms with Crippen molar-refractivity contribution < 1.29 is 43.7 Å². The second-order valence-electron chi connectivity index (χ2n) is 20.7. The van der Waals surface area contributed by atoms with E-state index in [1.807, 2.05) is 58.0 Å². The second-order valence-corrected chi connectivity index (χ2v) is 20.7. The normalized spacial score (nSPS) is 21.2. The van der Waals surface area contributed by atoms with Crippen LogP contribution in [0, 0.1) is 22.7 Å². The molecule has 372 valence electrons. The van der Waals surface area contributed by atoms with Crippen LogP contribution >= 0.6 is 0 Å². The number of β-amino-alcohol motifs (C(OH)–C–C–N with tert-alkyl or cyclic N) is 1. The molecular formula is C54H67N7O9. The minimum Gasteiger partial charge on any atom is -0.508 e. The van der Waals surface area contributed by atoms with Crippen LogP contribution in [0.3, 0.4) is 0 Å². The number of hydrogen-bond acceptors (Lipinski definition) is 11. The van der Waals surface area contributed by atoms with Crippen molar-refractivity contribution in [2.45, 2.75) is 109 Å². The molecule has 4 atom stereocenters. The van der Waals surface area contributed by atoms with Crippen molar-refractivity contribution >= 4 is 40.5 Å². The van der Waals surface area contributed by atoms with Crippen molar-refractivity contribution in [3.63, 3.8) is 0 Å². The van der Waals surface area contributed by atoms with E-state index in [-0.39, 0.29) is 44.8 Å². The van der Waals surface area contributed by atoms with Crippen molar-refractivity contribution in [2.75, 3.05) is 47.0 Å². The molecule has 1 unspecified atom stereocenters. The Labute approximate surface area is 410 Å². The molecule has 1 aromatic heterocycles. The van der Waals surface area contributed by atoms with Gasteiger partial charge < -0.3 is 39.4 Å². The number of likely N-dealkylation sites (tertiary alicyclic amines) is 1. The van der Waals surface area contributed by atoms with E-state index >= 15 is 0 Å². The number of carbonyl (C=O) groups is 5. The van der Waals surface area contributed by atoms with E-state index in [1.165, 1.54) is 27.9 Å². The number of nitriles is 1. The van der Waals surface area contributed by atoms with Gasteiger partial charge in [0.05, 0.1) is 37.0 Å². The monoisotopic (exact) mass is 958 g/mol. The van der Waals surface area contributed by atoms with E-state index in [2.05, 4.69) is 46.2 Å². The van der Waals surface area contributed by atoms with Crippen LogP contribution in [0.5, 0.6) is 5.75 Å². The highest BCUT2D eigenvalue weighted by Gasteiger charge is 2.48. The van der Waals surface area contributed by atoms with Crippen molar-refractivity contribution in [3.8, 4) is 34.2 Å². The maximum absolute atomic E-state index is 14.8. The number of aromatic hydroxyl groups is 1. The quantitative estimate of drug-likeness (QED) is 0.111. The zero-order valence-corrected chi connectivity index (χ0v) is 41.6. The third-order valence-electron chi connectivity index (χ3n) is 13.9. The number of phenolic OH excluding ortho intramolecular Hbond substituents is 1. The number of aromatic nitrogens is 1. The van der Waals surface area contributed by atoms with Gasteiger partial charge in [-0.2, -0.15) is 5.26 Å². The highest BCUT2D eigenvalue weighted by Crippen LogP contribution is 2.44. The standard InChI is InChI=1S/C54H67N7O9/c1-10-45(63)59-22-20-54(68,31-59)51(67)58(8)46(33(2)3)48(64)56-43-26-34-24-37(27-38(62)25-34)36-17-18-44-40(28-36)41(29-52(4,5)32-70-50(66)42-16-13-21-60(57-42)49(43)65)47(61(44)53(6,7)30-55)39-15-12-11-14-35(39)19-23-69-9/h10-12,14-15,17-18,24-25,27-28,33,42-43,46,57,62,68H,1,13,16,19-23,26,29,31-32H2,2-9H3,(H,56,64)/t42-,43-,46-,54?/m0/s1. The van der Waals surface area contributed by atoms with Crippen LogP contribution in [-0.4, -0.2) is 130 Å². The highest BCUT2D eigenvalue weighted by molar-refractivity contribution is 5.97. The average molecular weight is 958 g/mol. The van der Waals surface area contributed by atoms with Gasteiger partial charge in [-0.15, -0.1) is 0 Å². The van der Waals surface area contributed by atoms with Crippen LogP contribution in [0.25, 0.3) is 33.3 Å². The number of likely N-dealkylation sites (N-methyl/N-ethyl adjacent to an activating group) is 1. The van der Waals surface area contributed by atoms with Gasteiger partial charge in [0.15, 0.2) is 5.60 Å². The Morgan fingerprint density at radius 3 is 2.54 bits per heavy atom. The number of phenols is 1. The summed E-state index contributed by atoms with van der Waals surface area (Å²) in [5, 5.41) is 38.8. The lowest BCUT2D eigenvalue weighted by Crippen LogP contribution is -2.63. The van der Waals surface area contributed by atoms with Gasteiger partial charge in [-0.25, -0.2) is 5.43 Å². The average Bonchev–Trinajstić information content (AvgIpc) is 3.89. The molecule has 6 bridgehead atoms. The molecule has 70 heavy (non-hydrogen) atoms. The van der Waals surface area contributed by atoms with E-state index in [0.29, 0.717) is 43.4 Å². The Balaban J connectivity index is 1.35. The van der Waals surface area contributed by atoms with Gasteiger partial charge in [0, 0.05) is 56.5 Å². The second kappa shape index (κ2) is 20.4. The summed E-state index contributed by atoms with van der Waals surface area (Å²) in [5.41, 5.74) is 6.01. The summed E-state index contributed by atoms with van der Waals surface area (Å²) in [6.45, 7) is 15.4. The Hall–Kier alpha value is -6.54. The number of nitrogens with zero attached hydrogens (tertiary/aromatic N) is 5. The number of hydrogen-bond donors (Lipinski definition) is 4. The Kier molecular flexibility index (Phi) is 15.0. The molecule has 16 nitrogen and oxygen atoms in total. The molecule has 4 N–H and O–H groups in total. The number of ether oxygens (including phenoxy) is 2. The first-order valence-electron chi connectivity index (χ1n) is 24.1. The molecule has 0 radical (unpaired) electrons. The Morgan fingerprint density at radius 1 is 1.10 bits per heavy atom. The predicted molar refractivity (Wildman–Crippen MR) is 265 cm³/mol. The van der Waals surface area contributed by atoms with Crippen molar-refractivity contribution in [3.05, 3.63) is 90.0 Å². The highest BCUT2D eigenvalue weighted by atomic mass is 16.5. The van der Waals surface area contributed by atoms with Gasteiger partial charge in [-0.1, -0.05) is 70.7 Å². The fraction of sp³-hybridized carbons (Fsp3) is 0.481. The summed E-state index contributed by atoms with van der Waals surface area (Å²) in [7, 11) is 3.08. The molecule has 3 aromatic carbocycles. The molecular weight excluding hydrogens is 891 g/mol. The Morgan fingerprint density at radius 2 is 1.84 bits per heavy atom. The SMILES string of the molecule is C=CC(=O)N1CCC(O)(C(=O)N(C)[C@H](C(=O)N[C@H]2Cc3cc(O)cc(c3)-c3ccc4c(c3)c(c(-c3ccccc3CCOC)n4C(C)(C)C#N)CC(C)(C)COC(=O)[C@@H]3CCCN(N3)C2=O)C(C)C)C1. The van der Waals surface area contributed by atoms with Crippen LogP contribution in [0.4, 0.5) is 0 Å². The fourth-order valence-electron chi connectivity index (χ4n) is 10.3. The van der Waals surface area contributed by atoms with Crippen LogP contribution in [0.1, 0.15) is 77.5 Å². The fourth-order valence-corrected chi connectivity index (χ4v) is 10.3. The number of amides is 4. The number of methoxy groups -OCH3 is 1. The number of aliphatic hydroxyl groups is 1. The van der Waals surface area contributed by atoms with E-state index in [4.69, 9.17) is 9.47 Å². The molecule has 0 aliphatic carbocycles. The summed E-state index contributed by atoms with van der Waals surface area (Å²) < 4.78 is 13.7. The molecule has 7 rings (SSSR count). The number of esters is 1. The van der Waals surface area contributed by atoms with E-state index in [9.17, 15) is 39.4 Å². The van der Waals surface area contributed by atoms with E-state index < -0.39 is 70.2 Å². The number of rotatable bonds is 11. The smallest absolute Gasteiger partial charge is 0.324 e. The molecule has 0 saturated carbocycles. The number of fused-ring (bicyclic) bond motifs is 6. The summed E-state index contributed by atoms with van der Waals surface area (Å²) in [5.74, 6) is -3.49. The number of nitrogens with one attached hydrogen (secondary N) is 2. The minimum absolute atomic E-state index is 0.0336. The molecule has 4 heterocycles. The van der Waals surface area contributed by atoms with Crippen molar-refractivity contribution in [2.24, 2.45) is 11.3 Å². The summed E-state index contributed by atoms with van der Waals surface area (Å²) in [6, 6.07) is 18.4. The lowest BCUT2D eigenvalue weighted by Gasteiger charge is -2.37. The molecule has 3 aliphatic rings. The maximum atomic E-state index is 14.8. The van der Waals surface area contributed by atoms with Crippen LogP contribution in [-0.2, 0) is 58.2 Å². The molecule has 3 aliphatic heterocycles. The lowest BCUT2D eigenvalue weighted by atomic mass is 9.83. The summed E-state index contributed by atoms with van der Waals surface area (Å²) >= 11 is 0. The third kappa shape index (κ3) is 10.5. The number of cyclic esters (lactones) is 1. The Bertz CT molecular complexity index is 2740. The zero-order chi connectivity index (χ0) is 50.9. The van der Waals surface area contributed by atoms with Crippen molar-refractivity contribution in [1.82, 2.24) is 30.1 Å². The minimum atomic E-state index is -1.94. The molecule has 4 amide bonds. The van der Waals surface area contributed by atoms with E-state index in [1.54, 1.807) is 27.0 Å². The molecule has 2 fully saturated rings. The summed E-state index contributed by atoms with van der Waals surface area (Å²) in [4.78, 5) is 72.3. The predicted octanol–water partition coefficient (Wildman–Crippen LogP) is 5.41. The summed E-state index contributed by atoms with van der Waals surface area (Å²) in [6.07, 6.45) is 2.90. The number of carbonyl (C=O) groups excluding carboxylic acids is 5. The first-order valence-corrected chi connectivity index (χ1v) is 24.1. The van der Waals surface area contributed by atoms with Crippen LogP contribution in [0.2, 0.25) is 0 Å². The lowest BCUT2D eigenvalue weighted by molar-refractivity contribution is -0.156. The molecule has 2 saturated heterocycles.